The van der Waals surface area contributed by atoms with E-state index < -0.39 is 7.14 Å². The summed E-state index contributed by atoms with van der Waals surface area (Å²) in [6.07, 6.45) is 3.63. The van der Waals surface area contributed by atoms with Crippen molar-refractivity contribution in [3.63, 3.8) is 0 Å². The first-order valence-electron chi connectivity index (χ1n) is 15.2. The average Bonchev–Trinajstić information content (AvgIpc) is 3.69. The van der Waals surface area contributed by atoms with Crippen molar-refractivity contribution in [1.29, 1.82) is 0 Å². The molecule has 0 amide bonds. The second kappa shape index (κ2) is 10.7. The van der Waals surface area contributed by atoms with Crippen LogP contribution in [-0.2, 0) is 4.57 Å². The number of nitrogens with zero attached hydrogens (tertiary/aromatic N) is 1. The van der Waals surface area contributed by atoms with Crippen LogP contribution in [0, 0.1) is 0 Å². The van der Waals surface area contributed by atoms with Crippen LogP contribution in [0.5, 0.6) is 0 Å². The molecule has 0 bridgehead atoms. The van der Waals surface area contributed by atoms with Crippen molar-refractivity contribution in [2.45, 2.75) is 0 Å². The Morgan fingerprint density at radius 3 is 1.67 bits per heavy atom. The minimum absolute atomic E-state index is 0.724. The van der Waals surface area contributed by atoms with E-state index in [1.54, 1.807) is 17.5 Å². The van der Waals surface area contributed by atoms with E-state index in [9.17, 15) is 0 Å². The first-order chi connectivity index (χ1) is 22.6. The number of para-hydroxylation sites is 1. The van der Waals surface area contributed by atoms with Crippen LogP contribution in [0.4, 0.5) is 0 Å². The van der Waals surface area contributed by atoms with Crippen molar-refractivity contribution < 1.29 is 8.98 Å². The van der Waals surface area contributed by atoms with Gasteiger partial charge in [-0.25, -0.2) is 0 Å². The monoisotopic (exact) mass is 627 g/mol. The molecule has 9 aromatic rings. The van der Waals surface area contributed by atoms with Gasteiger partial charge in [-0.3, -0.25) is 4.98 Å². The van der Waals surface area contributed by atoms with Gasteiger partial charge in [0.05, 0.1) is 0 Å². The van der Waals surface area contributed by atoms with E-state index in [1.807, 2.05) is 79.0 Å². The van der Waals surface area contributed by atoms with Crippen LogP contribution in [-0.4, -0.2) is 4.98 Å². The number of hydrogen-bond donors (Lipinski definition) is 0. The second-order valence-corrected chi connectivity index (χ2v) is 15.4. The quantitative estimate of drug-likeness (QED) is 0.178. The molecule has 0 aliphatic heterocycles. The summed E-state index contributed by atoms with van der Waals surface area (Å²) in [5.41, 5.74) is 6.12. The number of thiophene rings is 1. The van der Waals surface area contributed by atoms with Gasteiger partial charge in [-0.2, -0.15) is 0 Å². The van der Waals surface area contributed by atoms with Gasteiger partial charge in [-0.1, -0.05) is 97.1 Å². The topological polar surface area (TPSA) is 43.1 Å². The van der Waals surface area contributed by atoms with Crippen LogP contribution >= 0.6 is 18.5 Å². The van der Waals surface area contributed by atoms with Gasteiger partial charge in [0.1, 0.15) is 11.2 Å². The minimum Gasteiger partial charge on any atom is -0.456 e. The standard InChI is InChI=1S/C41H26NO2PS/c43-45(31-9-3-1-4-10-31,32-11-5-2-6-12-32)33-21-30(25-42-26-33)29-17-20-41-37(24-29)36-23-28(16-19-40(36)46-41)27-15-18-39-35(22-27)34-13-7-8-14-38(34)44-39/h1-26H. The van der Waals surface area contributed by atoms with Crippen molar-refractivity contribution in [1.82, 2.24) is 4.98 Å². The zero-order chi connectivity index (χ0) is 30.7. The maximum absolute atomic E-state index is 15.0. The van der Waals surface area contributed by atoms with E-state index in [4.69, 9.17) is 4.42 Å². The van der Waals surface area contributed by atoms with Gasteiger partial charge in [0, 0.05) is 64.8 Å². The normalized spacial score (nSPS) is 12.0. The number of aromatic nitrogens is 1. The summed E-state index contributed by atoms with van der Waals surface area (Å²) in [6, 6.07) is 49.5. The third kappa shape index (κ3) is 4.34. The van der Waals surface area contributed by atoms with Crippen LogP contribution in [0.2, 0.25) is 0 Å². The lowest BCUT2D eigenvalue weighted by Crippen LogP contribution is -2.25. The Hall–Kier alpha value is -5.28. The number of fused-ring (bicyclic) bond motifs is 6. The van der Waals surface area contributed by atoms with E-state index in [-0.39, 0.29) is 0 Å². The molecule has 3 aromatic heterocycles. The van der Waals surface area contributed by atoms with Crippen molar-refractivity contribution in [2.75, 3.05) is 0 Å². The Labute approximate surface area is 269 Å². The summed E-state index contributed by atoms with van der Waals surface area (Å²) < 4.78 is 23.6. The van der Waals surface area contributed by atoms with Crippen molar-refractivity contribution >= 4 is 76.5 Å². The fraction of sp³-hybridized carbons (Fsp3) is 0. The van der Waals surface area contributed by atoms with E-state index in [0.29, 0.717) is 0 Å². The second-order valence-electron chi connectivity index (χ2n) is 11.5. The SMILES string of the molecule is O=P(c1ccccc1)(c1ccccc1)c1cncc(-c2ccc3sc4ccc(-c5ccc6oc7ccccc7c6c5)cc4c3c2)c1. The summed E-state index contributed by atoms with van der Waals surface area (Å²) in [7, 11) is -3.14. The van der Waals surface area contributed by atoms with E-state index >= 15 is 4.57 Å². The summed E-state index contributed by atoms with van der Waals surface area (Å²) in [4.78, 5) is 4.63. The van der Waals surface area contributed by atoms with Crippen molar-refractivity contribution in [3.05, 3.63) is 158 Å². The van der Waals surface area contributed by atoms with Gasteiger partial charge in [0.2, 0.25) is 0 Å². The molecule has 0 saturated carbocycles. The first kappa shape index (κ1) is 27.1. The summed E-state index contributed by atoms with van der Waals surface area (Å²) in [6.45, 7) is 0. The zero-order valence-electron chi connectivity index (χ0n) is 24.6. The first-order valence-corrected chi connectivity index (χ1v) is 17.7. The lowest BCUT2D eigenvalue weighted by Gasteiger charge is -2.20. The molecule has 0 spiro atoms. The van der Waals surface area contributed by atoms with Gasteiger partial charge in [-0.15, -0.1) is 11.3 Å². The van der Waals surface area contributed by atoms with Gasteiger partial charge in [0.25, 0.3) is 0 Å². The Kier molecular flexibility index (Phi) is 6.28. The Bertz CT molecular complexity index is 2580. The zero-order valence-corrected chi connectivity index (χ0v) is 26.3. The van der Waals surface area contributed by atoms with Gasteiger partial charge < -0.3 is 8.98 Å². The van der Waals surface area contributed by atoms with Crippen LogP contribution in [0.3, 0.4) is 0 Å². The fourth-order valence-corrected chi connectivity index (χ4v) is 10.2. The van der Waals surface area contributed by atoms with Crippen LogP contribution in [0.15, 0.2) is 162 Å². The van der Waals surface area contributed by atoms with Gasteiger partial charge in [0.15, 0.2) is 7.14 Å². The predicted octanol–water partition coefficient (Wildman–Crippen LogP) is 10.3. The van der Waals surface area contributed by atoms with Crippen LogP contribution < -0.4 is 15.9 Å². The molecule has 0 radical (unpaired) electrons. The van der Waals surface area contributed by atoms with E-state index in [1.165, 1.54) is 25.7 Å². The summed E-state index contributed by atoms with van der Waals surface area (Å²) in [5, 5.41) is 7.00. The average molecular weight is 628 g/mol. The highest BCUT2D eigenvalue weighted by molar-refractivity contribution is 7.85. The third-order valence-electron chi connectivity index (χ3n) is 8.84. The van der Waals surface area contributed by atoms with Crippen molar-refractivity contribution in [2.24, 2.45) is 0 Å². The minimum atomic E-state index is -3.14. The van der Waals surface area contributed by atoms with Gasteiger partial charge >= 0.3 is 0 Å². The number of rotatable bonds is 5. The smallest absolute Gasteiger partial charge is 0.172 e. The molecule has 0 saturated heterocycles. The van der Waals surface area contributed by atoms with E-state index in [2.05, 4.69) is 77.8 Å². The Balaban J connectivity index is 1.16. The van der Waals surface area contributed by atoms with Gasteiger partial charge in [-0.05, 0) is 65.2 Å². The predicted molar refractivity (Wildman–Crippen MR) is 195 cm³/mol. The molecule has 5 heteroatoms. The molecular weight excluding hydrogens is 601 g/mol. The van der Waals surface area contributed by atoms with Crippen LogP contribution in [0.25, 0.3) is 64.4 Å². The molecule has 218 valence electrons. The molecule has 0 aliphatic rings. The third-order valence-corrected chi connectivity index (χ3v) is 13.0. The highest BCUT2D eigenvalue weighted by Gasteiger charge is 2.30. The molecule has 6 aromatic carbocycles. The largest absolute Gasteiger partial charge is 0.456 e. The molecule has 0 aliphatic carbocycles. The molecule has 0 fully saturated rings. The highest BCUT2D eigenvalue weighted by atomic mass is 32.1. The number of benzene rings is 6. The molecule has 0 N–H and O–H groups in total. The van der Waals surface area contributed by atoms with Crippen LogP contribution in [0.1, 0.15) is 0 Å². The number of furan rings is 1. The summed E-state index contributed by atoms with van der Waals surface area (Å²) in [5.74, 6) is 0. The maximum Gasteiger partial charge on any atom is 0.172 e. The number of hydrogen-bond acceptors (Lipinski definition) is 4. The maximum atomic E-state index is 15.0. The molecule has 3 nitrogen and oxygen atoms in total. The molecule has 0 atom stereocenters. The molecule has 0 unspecified atom stereocenters. The molecule has 3 heterocycles. The highest BCUT2D eigenvalue weighted by Crippen LogP contribution is 2.44. The molecule has 46 heavy (non-hydrogen) atoms. The number of pyridine rings is 1. The molecular formula is C41H26NO2PS. The summed E-state index contributed by atoms with van der Waals surface area (Å²) >= 11 is 1.80. The fourth-order valence-electron chi connectivity index (χ4n) is 6.52. The lowest BCUT2D eigenvalue weighted by molar-refractivity contribution is 0.592. The van der Waals surface area contributed by atoms with Crippen molar-refractivity contribution in [3.8, 4) is 22.3 Å². The Morgan fingerprint density at radius 1 is 0.457 bits per heavy atom. The Morgan fingerprint density at radius 2 is 1.00 bits per heavy atom. The van der Waals surface area contributed by atoms with E-state index in [0.717, 1.165) is 54.5 Å². The molecule has 9 rings (SSSR count). The lowest BCUT2D eigenvalue weighted by atomic mass is 9.99.